The molecule has 0 saturated carbocycles. The number of benzene rings is 2. The zero-order chi connectivity index (χ0) is 23.3. The molecule has 0 unspecified atom stereocenters. The minimum Gasteiger partial charge on any atom is -0.497 e. The molecule has 0 N–H and O–H groups in total. The fourth-order valence-corrected chi connectivity index (χ4v) is 5.33. The molecule has 2 aromatic carbocycles. The minimum atomic E-state index is -3.87. The van der Waals surface area contributed by atoms with Crippen molar-refractivity contribution in [1.29, 1.82) is 0 Å². The molecule has 1 fully saturated rings. The summed E-state index contributed by atoms with van der Waals surface area (Å²) >= 11 is 6.10. The van der Waals surface area contributed by atoms with Gasteiger partial charge in [-0.1, -0.05) is 18.5 Å². The third kappa shape index (κ3) is 5.28. The second-order valence-corrected chi connectivity index (χ2v) is 9.64. The van der Waals surface area contributed by atoms with E-state index < -0.39 is 10.0 Å². The predicted molar refractivity (Wildman–Crippen MR) is 124 cm³/mol. The monoisotopic (exact) mass is 481 g/mol. The normalized spacial score (nSPS) is 14.5. The van der Waals surface area contributed by atoms with Crippen molar-refractivity contribution in [3.8, 4) is 11.5 Å². The van der Waals surface area contributed by atoms with Gasteiger partial charge in [-0.15, -0.1) is 0 Å². The third-order valence-corrected chi connectivity index (χ3v) is 7.71. The van der Waals surface area contributed by atoms with E-state index in [2.05, 4.69) is 4.90 Å². The van der Waals surface area contributed by atoms with Crippen molar-refractivity contribution in [1.82, 2.24) is 9.21 Å². The third-order valence-electron chi connectivity index (χ3n) is 5.50. The molecule has 0 bridgehead atoms. The zero-order valence-corrected chi connectivity index (χ0v) is 20.0. The van der Waals surface area contributed by atoms with E-state index >= 15 is 0 Å². The number of anilines is 1. The molecule has 0 aromatic heterocycles. The van der Waals surface area contributed by atoms with E-state index in [1.807, 2.05) is 24.3 Å². The summed E-state index contributed by atoms with van der Waals surface area (Å²) in [5.41, 5.74) is 1.06. The lowest BCUT2D eigenvalue weighted by Crippen LogP contribution is -2.51. The molecule has 1 saturated heterocycles. The first-order chi connectivity index (χ1) is 15.3. The molecule has 174 valence electrons. The highest BCUT2D eigenvalue weighted by Crippen LogP contribution is 2.28. The standard InChI is InChI=1S/C22H28ClN3O5S/c1-4-26(32(28,29)19-9-10-21(31-3)20(23)15-19)16-22(27)25-13-11-24(12-14-25)17-5-7-18(30-2)8-6-17/h5-10,15H,4,11-14,16H2,1-3H3. The van der Waals surface area contributed by atoms with Crippen molar-refractivity contribution in [3.05, 3.63) is 47.5 Å². The molecule has 1 heterocycles. The molecular formula is C22H28ClN3O5S. The van der Waals surface area contributed by atoms with Crippen molar-refractivity contribution >= 4 is 33.2 Å². The van der Waals surface area contributed by atoms with Crippen LogP contribution in [-0.4, -0.2) is 77.0 Å². The van der Waals surface area contributed by atoms with Gasteiger partial charge in [0.15, 0.2) is 0 Å². The first-order valence-corrected chi connectivity index (χ1v) is 12.1. The van der Waals surface area contributed by atoms with Gasteiger partial charge >= 0.3 is 0 Å². The van der Waals surface area contributed by atoms with Crippen LogP contribution in [0.1, 0.15) is 6.92 Å². The molecule has 1 aliphatic rings. The predicted octanol–water partition coefficient (Wildman–Crippen LogP) is 2.72. The molecule has 3 rings (SSSR count). The van der Waals surface area contributed by atoms with Crippen molar-refractivity contribution in [2.75, 3.05) is 58.4 Å². The topological polar surface area (TPSA) is 79.4 Å². The lowest BCUT2D eigenvalue weighted by Gasteiger charge is -2.37. The van der Waals surface area contributed by atoms with Gasteiger partial charge in [0, 0.05) is 38.4 Å². The number of carbonyl (C=O) groups is 1. The Morgan fingerprint density at radius 2 is 1.69 bits per heavy atom. The number of rotatable bonds is 8. The number of piperazine rings is 1. The fraction of sp³-hybridized carbons (Fsp3) is 0.409. The highest BCUT2D eigenvalue weighted by Gasteiger charge is 2.29. The summed E-state index contributed by atoms with van der Waals surface area (Å²) in [6, 6.07) is 12.1. The number of likely N-dealkylation sites (N-methyl/N-ethyl adjacent to an activating group) is 1. The summed E-state index contributed by atoms with van der Waals surface area (Å²) in [6.07, 6.45) is 0. The van der Waals surface area contributed by atoms with E-state index in [1.165, 1.54) is 29.6 Å². The Morgan fingerprint density at radius 3 is 2.22 bits per heavy atom. The van der Waals surface area contributed by atoms with Gasteiger partial charge in [-0.3, -0.25) is 4.79 Å². The molecule has 0 atom stereocenters. The van der Waals surface area contributed by atoms with E-state index in [9.17, 15) is 13.2 Å². The van der Waals surface area contributed by atoms with Crippen molar-refractivity contribution < 1.29 is 22.7 Å². The number of hydrogen-bond donors (Lipinski definition) is 0. The Balaban J connectivity index is 1.63. The van der Waals surface area contributed by atoms with Gasteiger partial charge in [0.25, 0.3) is 0 Å². The zero-order valence-electron chi connectivity index (χ0n) is 18.5. The number of halogens is 1. The molecule has 0 radical (unpaired) electrons. The summed E-state index contributed by atoms with van der Waals surface area (Å²) in [5, 5.41) is 0.200. The summed E-state index contributed by atoms with van der Waals surface area (Å²) in [4.78, 5) is 16.8. The smallest absolute Gasteiger partial charge is 0.243 e. The van der Waals surface area contributed by atoms with Gasteiger partial charge in [0.1, 0.15) is 11.5 Å². The maximum Gasteiger partial charge on any atom is 0.243 e. The Kier molecular flexibility index (Phi) is 7.86. The quantitative estimate of drug-likeness (QED) is 0.576. The summed E-state index contributed by atoms with van der Waals surface area (Å²) in [6.45, 7) is 4.05. The number of sulfonamides is 1. The van der Waals surface area contributed by atoms with Gasteiger partial charge in [-0.05, 0) is 42.5 Å². The Hall–Kier alpha value is -2.49. The molecule has 2 aromatic rings. The SMILES string of the molecule is CCN(CC(=O)N1CCN(c2ccc(OC)cc2)CC1)S(=O)(=O)c1ccc(OC)c(Cl)c1. The Bertz CT molecular complexity index is 1040. The van der Waals surface area contributed by atoms with E-state index in [0.717, 1.165) is 11.4 Å². The Morgan fingerprint density at radius 1 is 1.03 bits per heavy atom. The van der Waals surface area contributed by atoms with Crippen LogP contribution in [0.15, 0.2) is 47.4 Å². The van der Waals surface area contributed by atoms with Crippen LogP contribution < -0.4 is 14.4 Å². The highest BCUT2D eigenvalue weighted by molar-refractivity contribution is 7.89. The van der Waals surface area contributed by atoms with E-state index in [0.29, 0.717) is 31.9 Å². The van der Waals surface area contributed by atoms with Crippen LogP contribution in [-0.2, 0) is 14.8 Å². The van der Waals surface area contributed by atoms with Crippen molar-refractivity contribution in [2.45, 2.75) is 11.8 Å². The molecule has 8 nitrogen and oxygen atoms in total. The number of nitrogens with zero attached hydrogens (tertiary/aromatic N) is 3. The maximum absolute atomic E-state index is 13.1. The van der Waals surface area contributed by atoms with Crippen LogP contribution in [0.25, 0.3) is 0 Å². The number of hydrogen-bond acceptors (Lipinski definition) is 6. The second kappa shape index (κ2) is 10.4. The molecule has 32 heavy (non-hydrogen) atoms. The van der Waals surface area contributed by atoms with Crippen LogP contribution in [0.4, 0.5) is 5.69 Å². The average molecular weight is 482 g/mol. The Labute approximate surface area is 194 Å². The number of carbonyl (C=O) groups excluding carboxylic acids is 1. The molecule has 1 amide bonds. The van der Waals surface area contributed by atoms with E-state index in [1.54, 1.807) is 18.9 Å². The lowest BCUT2D eigenvalue weighted by atomic mass is 10.2. The van der Waals surface area contributed by atoms with Crippen LogP contribution in [0, 0.1) is 0 Å². The molecule has 10 heteroatoms. The number of methoxy groups -OCH3 is 2. The highest BCUT2D eigenvalue weighted by atomic mass is 35.5. The minimum absolute atomic E-state index is 0.0299. The van der Waals surface area contributed by atoms with Gasteiger partial charge in [-0.2, -0.15) is 4.31 Å². The van der Waals surface area contributed by atoms with Crippen LogP contribution in [0.2, 0.25) is 5.02 Å². The fourth-order valence-electron chi connectivity index (χ4n) is 3.58. The van der Waals surface area contributed by atoms with Gasteiger partial charge < -0.3 is 19.3 Å². The van der Waals surface area contributed by atoms with Gasteiger partial charge in [0.2, 0.25) is 15.9 Å². The van der Waals surface area contributed by atoms with Crippen molar-refractivity contribution in [2.24, 2.45) is 0 Å². The summed E-state index contributed by atoms with van der Waals surface area (Å²) < 4.78 is 37.6. The molecule has 1 aliphatic heterocycles. The second-order valence-electron chi connectivity index (χ2n) is 7.29. The van der Waals surface area contributed by atoms with E-state index in [-0.39, 0.29) is 28.9 Å². The van der Waals surface area contributed by atoms with Gasteiger partial charge in [0.05, 0.1) is 30.7 Å². The van der Waals surface area contributed by atoms with Crippen LogP contribution >= 0.6 is 11.6 Å². The first kappa shape index (κ1) is 24.2. The lowest BCUT2D eigenvalue weighted by molar-refractivity contribution is -0.131. The molecule has 0 aliphatic carbocycles. The van der Waals surface area contributed by atoms with Crippen LogP contribution in [0.3, 0.4) is 0 Å². The van der Waals surface area contributed by atoms with Crippen molar-refractivity contribution in [3.63, 3.8) is 0 Å². The first-order valence-electron chi connectivity index (χ1n) is 10.3. The molecule has 0 spiro atoms. The maximum atomic E-state index is 13.1. The summed E-state index contributed by atoms with van der Waals surface area (Å²) in [5.74, 6) is 0.963. The number of ether oxygens (including phenoxy) is 2. The summed E-state index contributed by atoms with van der Waals surface area (Å²) in [7, 11) is -0.783. The largest absolute Gasteiger partial charge is 0.497 e. The van der Waals surface area contributed by atoms with Crippen LogP contribution in [0.5, 0.6) is 11.5 Å². The van der Waals surface area contributed by atoms with E-state index in [4.69, 9.17) is 21.1 Å². The van der Waals surface area contributed by atoms with Gasteiger partial charge in [-0.25, -0.2) is 8.42 Å². The average Bonchev–Trinajstić information content (AvgIpc) is 2.82. The number of amides is 1. The molecular weight excluding hydrogens is 454 g/mol.